The van der Waals surface area contributed by atoms with Gasteiger partial charge in [-0.15, -0.1) is 0 Å². The van der Waals surface area contributed by atoms with Crippen LogP contribution in [0, 0.1) is 0 Å². The Kier molecular flexibility index (Phi) is 12.4. The standard InChI is InChI=1S/C27H44N10O12/c1-27(45)11(7-34-37-22(44)9-3-5-33-6-4-9)47-24(21(27)49-23-14(32-2)18(42)15(39)10(8-38)46-23)48-20-13(36-26(30)31)16(40)12(35-25(28)29)17(41)19(20)43/h3-7,10-21,23-24,32,38-43,45H,8H2,1-2H3,(H,37,44)(H4,28,29,35)(H4,30,31,36)/b34-7+/t10-,11-,12+,13-,14-,15-,16+,17-,18-,19+,20+,21-,23-,24-,27+/m0/s1. The van der Waals surface area contributed by atoms with Crippen LogP contribution in [0.4, 0.5) is 0 Å². The van der Waals surface area contributed by atoms with Gasteiger partial charge in [0, 0.05) is 18.0 Å². The lowest BCUT2D eigenvalue weighted by molar-refractivity contribution is -0.315. The number of hydrogen-bond donors (Lipinski definition) is 13. The lowest BCUT2D eigenvalue weighted by atomic mass is 9.81. The molecule has 2 saturated heterocycles. The Hall–Kier alpha value is -3.65. The van der Waals surface area contributed by atoms with Gasteiger partial charge in [-0.05, 0) is 26.1 Å². The number of carbonyl (C=O) groups excluding carboxylic acids is 1. The van der Waals surface area contributed by atoms with E-state index in [1.165, 1.54) is 38.5 Å². The molecule has 274 valence electrons. The van der Waals surface area contributed by atoms with Crippen LogP contribution in [-0.2, 0) is 18.9 Å². The van der Waals surface area contributed by atoms with Gasteiger partial charge in [0.2, 0.25) is 0 Å². The first-order valence-electron chi connectivity index (χ1n) is 15.1. The Bertz CT molecular complexity index is 1350. The number of amides is 1. The van der Waals surface area contributed by atoms with E-state index in [2.05, 4.69) is 30.8 Å². The van der Waals surface area contributed by atoms with Crippen LogP contribution in [0.15, 0.2) is 39.6 Å². The zero-order chi connectivity index (χ0) is 36.2. The van der Waals surface area contributed by atoms with E-state index in [-0.39, 0.29) is 5.56 Å². The van der Waals surface area contributed by atoms with Crippen molar-refractivity contribution in [3.63, 3.8) is 0 Å². The molecule has 1 aromatic rings. The van der Waals surface area contributed by atoms with Gasteiger partial charge >= 0.3 is 0 Å². The number of hydrogen-bond acceptors (Lipinski definition) is 17. The first-order valence-corrected chi connectivity index (χ1v) is 15.1. The highest BCUT2D eigenvalue weighted by atomic mass is 16.8. The molecule has 1 amide bonds. The summed E-state index contributed by atoms with van der Waals surface area (Å²) >= 11 is 0. The minimum atomic E-state index is -2.10. The molecule has 17 N–H and O–H groups in total. The second-order valence-electron chi connectivity index (χ2n) is 11.8. The maximum Gasteiger partial charge on any atom is 0.271 e. The molecule has 15 atom stereocenters. The molecule has 0 aromatic carbocycles. The number of guanidine groups is 2. The van der Waals surface area contributed by atoms with E-state index < -0.39 is 116 Å². The van der Waals surface area contributed by atoms with E-state index in [4.69, 9.17) is 41.9 Å². The minimum Gasteiger partial charge on any atom is -0.394 e. The SMILES string of the molecule is CN[C@@H]1[C@H](O[C@H]2[C@H](O[C@H]3[C@H](O)[C@@H](O)[C@H](N=C(N)N)[C@@H](O)[C@@H]3N=C(N)N)O[C@@H](/C=N/NC(=O)c3ccncc3)[C@@]2(C)O)O[C@@H](CO)[C@H](O)[C@H]1O. The number of nitrogens with two attached hydrogens (primary N) is 4. The smallest absolute Gasteiger partial charge is 0.271 e. The third-order valence-electron chi connectivity index (χ3n) is 8.45. The Labute approximate surface area is 279 Å². The average Bonchev–Trinajstić information content (AvgIpc) is 3.29. The second kappa shape index (κ2) is 15.9. The van der Waals surface area contributed by atoms with Crippen LogP contribution in [0.1, 0.15) is 17.3 Å². The van der Waals surface area contributed by atoms with Crippen molar-refractivity contribution in [3.8, 4) is 0 Å². The molecule has 0 bridgehead atoms. The summed E-state index contributed by atoms with van der Waals surface area (Å²) in [7, 11) is 1.44. The van der Waals surface area contributed by atoms with E-state index in [1.807, 2.05) is 0 Å². The summed E-state index contributed by atoms with van der Waals surface area (Å²) in [6.45, 7) is 0.553. The molecule has 22 heteroatoms. The molecule has 2 aliphatic heterocycles. The summed E-state index contributed by atoms with van der Waals surface area (Å²) in [6.07, 6.45) is -13.8. The molecule has 4 rings (SSSR count). The summed E-state index contributed by atoms with van der Waals surface area (Å²) in [5.74, 6) is -1.67. The Morgan fingerprint density at radius 1 is 0.939 bits per heavy atom. The number of aliphatic imine (C=N–C) groups is 2. The van der Waals surface area contributed by atoms with E-state index in [0.29, 0.717) is 0 Å². The maximum absolute atomic E-state index is 12.5. The fourth-order valence-electron chi connectivity index (χ4n) is 5.82. The largest absolute Gasteiger partial charge is 0.394 e. The highest BCUT2D eigenvalue weighted by Gasteiger charge is 2.59. The van der Waals surface area contributed by atoms with Crippen LogP contribution in [-0.4, -0.2) is 170 Å². The molecule has 3 aliphatic rings. The van der Waals surface area contributed by atoms with E-state index in [9.17, 15) is 40.5 Å². The third kappa shape index (κ3) is 8.22. The summed E-state index contributed by atoms with van der Waals surface area (Å²) in [6, 6.07) is -1.26. The number of aliphatic hydroxyl groups is 7. The lowest BCUT2D eigenvalue weighted by Crippen LogP contribution is -2.66. The molecule has 0 spiro atoms. The molecule has 1 aliphatic carbocycles. The Morgan fingerprint density at radius 2 is 1.57 bits per heavy atom. The van der Waals surface area contributed by atoms with Crippen LogP contribution in [0.5, 0.6) is 0 Å². The zero-order valence-electron chi connectivity index (χ0n) is 26.4. The Morgan fingerprint density at radius 3 is 2.16 bits per heavy atom. The van der Waals surface area contributed by atoms with Crippen LogP contribution in [0.25, 0.3) is 0 Å². The summed E-state index contributed by atoms with van der Waals surface area (Å²) in [5, 5.41) is 82.4. The molecular weight excluding hydrogens is 656 g/mol. The molecule has 3 fully saturated rings. The first-order chi connectivity index (χ1) is 23.1. The number of hydrazone groups is 1. The monoisotopic (exact) mass is 700 g/mol. The summed E-state index contributed by atoms with van der Waals surface area (Å²) in [5.41, 5.74) is 22.5. The quantitative estimate of drug-likeness (QED) is 0.0579. The first kappa shape index (κ1) is 38.2. The molecular formula is C27H44N10O12. The van der Waals surface area contributed by atoms with Gasteiger partial charge < -0.3 is 82.9 Å². The number of carbonyl (C=O) groups is 1. The average molecular weight is 701 g/mol. The Balaban J connectivity index is 1.68. The maximum atomic E-state index is 12.5. The molecule has 0 unspecified atom stereocenters. The second-order valence-corrected chi connectivity index (χ2v) is 11.8. The topological polar surface area (TPSA) is 374 Å². The highest BCUT2D eigenvalue weighted by Crippen LogP contribution is 2.39. The van der Waals surface area contributed by atoms with Gasteiger partial charge in [0.1, 0.15) is 72.6 Å². The fourth-order valence-corrected chi connectivity index (χ4v) is 5.82. The third-order valence-corrected chi connectivity index (χ3v) is 8.45. The predicted molar refractivity (Wildman–Crippen MR) is 167 cm³/mol. The van der Waals surface area contributed by atoms with Crippen molar-refractivity contribution >= 4 is 24.0 Å². The van der Waals surface area contributed by atoms with Crippen LogP contribution < -0.4 is 33.7 Å². The molecule has 3 heterocycles. The van der Waals surface area contributed by atoms with Crippen molar-refractivity contribution in [2.45, 2.75) is 98.2 Å². The zero-order valence-corrected chi connectivity index (χ0v) is 26.4. The number of ether oxygens (including phenoxy) is 4. The molecule has 1 aromatic heterocycles. The lowest BCUT2D eigenvalue weighted by Gasteiger charge is -2.45. The van der Waals surface area contributed by atoms with Crippen LogP contribution in [0.2, 0.25) is 0 Å². The van der Waals surface area contributed by atoms with Crippen molar-refractivity contribution in [3.05, 3.63) is 30.1 Å². The molecule has 1 saturated carbocycles. The number of rotatable bonds is 11. The van der Waals surface area contributed by atoms with Gasteiger partial charge in [0.05, 0.1) is 18.9 Å². The van der Waals surface area contributed by atoms with Crippen molar-refractivity contribution < 1.29 is 59.5 Å². The molecule has 0 radical (unpaired) electrons. The van der Waals surface area contributed by atoms with Gasteiger partial charge in [-0.1, -0.05) is 0 Å². The van der Waals surface area contributed by atoms with E-state index >= 15 is 0 Å². The number of pyridine rings is 1. The number of likely N-dealkylation sites (N-methyl/N-ethyl adjacent to an activating group) is 1. The summed E-state index contributed by atoms with van der Waals surface area (Å²) in [4.78, 5) is 24.1. The van der Waals surface area contributed by atoms with E-state index in [0.717, 1.165) is 6.21 Å². The van der Waals surface area contributed by atoms with Crippen LogP contribution >= 0.6 is 0 Å². The van der Waals surface area contributed by atoms with E-state index in [1.54, 1.807) is 0 Å². The normalized spacial score (nSPS) is 40.9. The van der Waals surface area contributed by atoms with Crippen molar-refractivity contribution in [2.75, 3.05) is 13.7 Å². The summed E-state index contributed by atoms with van der Waals surface area (Å²) < 4.78 is 23.8. The van der Waals surface area contributed by atoms with Crippen LogP contribution in [0.3, 0.4) is 0 Å². The minimum absolute atomic E-state index is 0.230. The van der Waals surface area contributed by atoms with Crippen molar-refractivity contribution in [2.24, 2.45) is 38.0 Å². The number of aromatic nitrogens is 1. The van der Waals surface area contributed by atoms with Gasteiger partial charge in [-0.2, -0.15) is 5.10 Å². The van der Waals surface area contributed by atoms with Gasteiger partial charge in [0.25, 0.3) is 5.91 Å². The van der Waals surface area contributed by atoms with Gasteiger partial charge in [-0.25, -0.2) is 15.4 Å². The number of aliphatic hydroxyl groups excluding tert-OH is 6. The predicted octanol–water partition coefficient (Wildman–Crippen LogP) is -7.55. The number of nitrogens with zero attached hydrogens (tertiary/aromatic N) is 4. The van der Waals surface area contributed by atoms with Crippen molar-refractivity contribution in [1.82, 2.24) is 15.7 Å². The van der Waals surface area contributed by atoms with Gasteiger partial charge in [0.15, 0.2) is 24.5 Å². The highest BCUT2D eigenvalue weighted by molar-refractivity contribution is 5.94. The fraction of sp³-hybridized carbons (Fsp3) is 0.667. The molecule has 22 nitrogen and oxygen atoms in total. The van der Waals surface area contributed by atoms with Gasteiger partial charge in [-0.3, -0.25) is 9.78 Å². The molecule has 49 heavy (non-hydrogen) atoms. The van der Waals surface area contributed by atoms with Crippen molar-refractivity contribution in [1.29, 1.82) is 0 Å². The number of nitrogens with one attached hydrogen (secondary N) is 2.